The third-order valence-corrected chi connectivity index (χ3v) is 9.78. The monoisotopic (exact) mass is 603 g/mol. The van der Waals surface area contributed by atoms with E-state index in [1.54, 1.807) is 0 Å². The number of hydrogen-bond donors (Lipinski definition) is 0. The minimum Gasteiger partial charge on any atom is -0.310 e. The fraction of sp³-hybridized carbons (Fsp3) is 0.0870. The second kappa shape index (κ2) is 11.9. The van der Waals surface area contributed by atoms with E-state index in [1.165, 1.54) is 67.1 Å². The first-order valence-electron chi connectivity index (χ1n) is 16.5. The van der Waals surface area contributed by atoms with Crippen molar-refractivity contribution in [1.82, 2.24) is 0 Å². The molecule has 8 rings (SSSR count). The SMILES string of the molecule is CC1(C)c2ccccc2N(c2ccccc2)c2cc(-c3cccc(C(c4ccccc4)c4ccc(-c5ccccc5)cc4)c3)ccc21. The Morgan fingerprint density at radius 3 is 1.64 bits per heavy atom. The predicted molar refractivity (Wildman–Crippen MR) is 198 cm³/mol. The van der Waals surface area contributed by atoms with E-state index in [1.807, 2.05) is 0 Å². The van der Waals surface area contributed by atoms with Gasteiger partial charge in [-0.15, -0.1) is 0 Å². The number of fused-ring (bicyclic) bond motifs is 2. The average Bonchev–Trinajstić information content (AvgIpc) is 3.13. The Bertz CT molecular complexity index is 2150. The number of para-hydroxylation sites is 2. The Morgan fingerprint density at radius 1 is 0.383 bits per heavy atom. The van der Waals surface area contributed by atoms with Gasteiger partial charge in [-0.2, -0.15) is 0 Å². The van der Waals surface area contributed by atoms with Gasteiger partial charge in [-0.3, -0.25) is 0 Å². The molecule has 0 saturated heterocycles. The number of hydrogen-bond acceptors (Lipinski definition) is 1. The third-order valence-electron chi connectivity index (χ3n) is 9.78. The summed E-state index contributed by atoms with van der Waals surface area (Å²) in [7, 11) is 0. The molecule has 1 aliphatic rings. The zero-order valence-corrected chi connectivity index (χ0v) is 26.8. The first-order chi connectivity index (χ1) is 23.1. The van der Waals surface area contributed by atoms with Crippen molar-refractivity contribution >= 4 is 17.1 Å². The van der Waals surface area contributed by atoms with E-state index in [0.717, 1.165) is 0 Å². The highest BCUT2D eigenvalue weighted by Gasteiger charge is 2.36. The van der Waals surface area contributed by atoms with Crippen LogP contribution in [0.4, 0.5) is 17.1 Å². The Morgan fingerprint density at radius 2 is 0.894 bits per heavy atom. The summed E-state index contributed by atoms with van der Waals surface area (Å²) in [6.45, 7) is 4.70. The van der Waals surface area contributed by atoms with Crippen LogP contribution < -0.4 is 4.90 Å². The molecular formula is C46H37N. The maximum atomic E-state index is 2.43. The van der Waals surface area contributed by atoms with Crippen LogP contribution in [-0.4, -0.2) is 0 Å². The molecule has 0 fully saturated rings. The standard InChI is InChI=1S/C46H37N/c1-46(2)41-23-12-13-24-43(41)47(40-21-10-5-11-22-40)44-32-38(29-30-42(44)46)37-19-14-20-39(31-37)45(35-17-8-4-9-18-35)36-27-25-34(26-28-36)33-15-6-3-7-16-33/h3-32,45H,1-2H3. The zero-order valence-electron chi connectivity index (χ0n) is 26.8. The van der Waals surface area contributed by atoms with E-state index in [2.05, 4.69) is 201 Å². The van der Waals surface area contributed by atoms with Crippen molar-refractivity contribution in [2.45, 2.75) is 25.2 Å². The fourth-order valence-electron chi connectivity index (χ4n) is 7.37. The number of anilines is 3. The molecule has 1 heteroatoms. The molecule has 7 aromatic carbocycles. The Hall–Kier alpha value is -5.66. The van der Waals surface area contributed by atoms with Crippen molar-refractivity contribution in [3.05, 3.63) is 210 Å². The van der Waals surface area contributed by atoms with Crippen LogP contribution in [0.5, 0.6) is 0 Å². The largest absolute Gasteiger partial charge is 0.310 e. The second-order valence-electron chi connectivity index (χ2n) is 13.0. The molecule has 0 spiro atoms. The molecule has 0 amide bonds. The van der Waals surface area contributed by atoms with Crippen molar-refractivity contribution in [1.29, 1.82) is 0 Å². The number of nitrogens with zero attached hydrogens (tertiary/aromatic N) is 1. The van der Waals surface area contributed by atoms with Crippen LogP contribution in [0, 0.1) is 0 Å². The van der Waals surface area contributed by atoms with Crippen LogP contribution in [0.1, 0.15) is 47.6 Å². The predicted octanol–water partition coefficient (Wildman–Crippen LogP) is 12.3. The molecule has 0 bridgehead atoms. The van der Waals surface area contributed by atoms with E-state index in [-0.39, 0.29) is 11.3 Å². The number of rotatable bonds is 6. The van der Waals surface area contributed by atoms with Crippen LogP contribution in [0.3, 0.4) is 0 Å². The molecule has 1 aliphatic heterocycles. The lowest BCUT2D eigenvalue weighted by atomic mass is 9.73. The highest BCUT2D eigenvalue weighted by molar-refractivity contribution is 5.88. The normalized spacial score (nSPS) is 13.8. The molecule has 0 radical (unpaired) electrons. The van der Waals surface area contributed by atoms with Gasteiger partial charge in [0.05, 0.1) is 11.4 Å². The van der Waals surface area contributed by atoms with Gasteiger partial charge in [0.15, 0.2) is 0 Å². The lowest BCUT2D eigenvalue weighted by Gasteiger charge is -2.42. The van der Waals surface area contributed by atoms with Crippen LogP contribution in [0.25, 0.3) is 22.3 Å². The summed E-state index contributed by atoms with van der Waals surface area (Å²) in [6.07, 6.45) is 0. The van der Waals surface area contributed by atoms with Gasteiger partial charge >= 0.3 is 0 Å². The topological polar surface area (TPSA) is 3.24 Å². The van der Waals surface area contributed by atoms with E-state index in [9.17, 15) is 0 Å². The summed E-state index contributed by atoms with van der Waals surface area (Å²) in [6, 6.07) is 66.4. The summed E-state index contributed by atoms with van der Waals surface area (Å²) in [5.41, 5.74) is 15.0. The first kappa shape index (κ1) is 28.8. The molecule has 1 heterocycles. The van der Waals surface area contributed by atoms with Crippen LogP contribution >= 0.6 is 0 Å². The first-order valence-corrected chi connectivity index (χ1v) is 16.5. The van der Waals surface area contributed by atoms with Gasteiger partial charge < -0.3 is 4.90 Å². The molecule has 0 aliphatic carbocycles. The van der Waals surface area contributed by atoms with Crippen LogP contribution in [0.2, 0.25) is 0 Å². The van der Waals surface area contributed by atoms with Crippen LogP contribution in [0.15, 0.2) is 182 Å². The molecule has 0 saturated carbocycles. The highest BCUT2D eigenvalue weighted by atomic mass is 15.2. The quantitative estimate of drug-likeness (QED) is 0.171. The lowest BCUT2D eigenvalue weighted by Crippen LogP contribution is -2.30. The van der Waals surface area contributed by atoms with Gasteiger partial charge in [0, 0.05) is 17.0 Å². The van der Waals surface area contributed by atoms with Crippen LogP contribution in [-0.2, 0) is 5.41 Å². The molecule has 7 aromatic rings. The van der Waals surface area contributed by atoms with Gasteiger partial charge in [0.25, 0.3) is 0 Å². The van der Waals surface area contributed by atoms with Gasteiger partial charge in [-0.05, 0) is 74.3 Å². The average molecular weight is 604 g/mol. The minimum atomic E-state index is -0.123. The summed E-state index contributed by atoms with van der Waals surface area (Å²) in [4.78, 5) is 2.43. The molecule has 226 valence electrons. The Balaban J connectivity index is 1.23. The minimum absolute atomic E-state index is 0.116. The van der Waals surface area contributed by atoms with Crippen molar-refractivity contribution in [2.75, 3.05) is 4.90 Å². The second-order valence-corrected chi connectivity index (χ2v) is 13.0. The maximum absolute atomic E-state index is 2.43. The van der Waals surface area contributed by atoms with E-state index >= 15 is 0 Å². The molecular weight excluding hydrogens is 567 g/mol. The number of benzene rings is 7. The van der Waals surface area contributed by atoms with E-state index in [4.69, 9.17) is 0 Å². The van der Waals surface area contributed by atoms with Crippen molar-refractivity contribution < 1.29 is 0 Å². The third kappa shape index (κ3) is 5.24. The summed E-state index contributed by atoms with van der Waals surface area (Å²) < 4.78 is 0. The van der Waals surface area contributed by atoms with Gasteiger partial charge in [0.1, 0.15) is 0 Å². The Labute approximate surface area is 278 Å². The molecule has 0 aromatic heterocycles. The molecule has 1 atom stereocenters. The van der Waals surface area contributed by atoms with Gasteiger partial charge in [-0.1, -0.05) is 172 Å². The van der Waals surface area contributed by atoms with Gasteiger partial charge in [-0.25, -0.2) is 0 Å². The Kier molecular flexibility index (Phi) is 7.31. The van der Waals surface area contributed by atoms with E-state index in [0.29, 0.717) is 0 Å². The fourth-order valence-corrected chi connectivity index (χ4v) is 7.37. The smallest absolute Gasteiger partial charge is 0.0508 e. The van der Waals surface area contributed by atoms with Crippen molar-refractivity contribution in [3.63, 3.8) is 0 Å². The molecule has 47 heavy (non-hydrogen) atoms. The molecule has 1 nitrogen and oxygen atoms in total. The summed E-state index contributed by atoms with van der Waals surface area (Å²) in [5, 5.41) is 0. The lowest BCUT2D eigenvalue weighted by molar-refractivity contribution is 0.632. The molecule has 1 unspecified atom stereocenters. The van der Waals surface area contributed by atoms with Gasteiger partial charge in [0.2, 0.25) is 0 Å². The summed E-state index contributed by atoms with van der Waals surface area (Å²) in [5.74, 6) is 0.116. The van der Waals surface area contributed by atoms with E-state index < -0.39 is 0 Å². The van der Waals surface area contributed by atoms with Crippen molar-refractivity contribution in [3.8, 4) is 22.3 Å². The molecule has 0 N–H and O–H groups in total. The summed E-state index contributed by atoms with van der Waals surface area (Å²) >= 11 is 0. The highest BCUT2D eigenvalue weighted by Crippen LogP contribution is 2.52. The van der Waals surface area contributed by atoms with Crippen molar-refractivity contribution in [2.24, 2.45) is 0 Å². The zero-order chi connectivity index (χ0) is 31.8. The maximum Gasteiger partial charge on any atom is 0.0508 e.